The molecule has 0 bridgehead atoms. The summed E-state index contributed by atoms with van der Waals surface area (Å²) < 4.78 is 7.40. The number of thiazole rings is 1. The van der Waals surface area contributed by atoms with Gasteiger partial charge in [-0.2, -0.15) is 5.10 Å². The number of aryl methyl sites for hydroxylation is 2. The van der Waals surface area contributed by atoms with E-state index >= 15 is 0 Å². The van der Waals surface area contributed by atoms with Gasteiger partial charge >= 0.3 is 0 Å². The predicted molar refractivity (Wildman–Crippen MR) is 119 cm³/mol. The second-order valence-corrected chi connectivity index (χ2v) is 8.98. The normalized spacial score (nSPS) is 18.6. The average Bonchev–Trinajstić information content (AvgIpc) is 3.38. The topological polar surface area (TPSA) is 85.2 Å². The number of hydrogen-bond acceptors (Lipinski definition) is 7. The average molecular weight is 439 g/mol. The Morgan fingerprint density at radius 1 is 1.19 bits per heavy atom. The van der Waals surface area contributed by atoms with Crippen LogP contribution in [0.15, 0.2) is 30.3 Å². The van der Waals surface area contributed by atoms with E-state index in [4.69, 9.17) is 9.72 Å². The van der Waals surface area contributed by atoms with Crippen LogP contribution in [0.2, 0.25) is 0 Å². The number of benzene rings is 1. The van der Waals surface area contributed by atoms with Crippen LogP contribution in [0.25, 0.3) is 11.3 Å². The maximum Gasteiger partial charge on any atom is 0.225 e. The Morgan fingerprint density at radius 2 is 2.00 bits per heavy atom. The molecular formula is C22H26N6O2S. The van der Waals surface area contributed by atoms with Gasteiger partial charge in [0.2, 0.25) is 5.91 Å². The van der Waals surface area contributed by atoms with Crippen LogP contribution >= 0.6 is 11.3 Å². The fourth-order valence-corrected chi connectivity index (χ4v) is 5.30. The number of nitrogens with zero attached hydrogens (tertiary/aromatic N) is 5. The number of morpholine rings is 1. The number of carbonyl (C=O) groups is 1. The monoisotopic (exact) mass is 438 g/mol. The quantitative estimate of drug-likeness (QED) is 0.659. The largest absolute Gasteiger partial charge is 0.378 e. The van der Waals surface area contributed by atoms with E-state index in [-0.39, 0.29) is 11.9 Å². The Hall–Kier alpha value is -2.78. The molecule has 8 nitrogen and oxygen atoms in total. The number of hydrogen-bond donors (Lipinski definition) is 1. The fraction of sp³-hybridized carbons (Fsp3) is 0.455. The van der Waals surface area contributed by atoms with Crippen molar-refractivity contribution in [3.8, 4) is 11.3 Å². The highest BCUT2D eigenvalue weighted by molar-refractivity contribution is 7.16. The van der Waals surface area contributed by atoms with Crippen molar-refractivity contribution in [1.29, 1.82) is 0 Å². The first-order valence-corrected chi connectivity index (χ1v) is 11.6. The van der Waals surface area contributed by atoms with Gasteiger partial charge in [-0.3, -0.25) is 4.79 Å². The first kappa shape index (κ1) is 20.1. The van der Waals surface area contributed by atoms with Crippen molar-refractivity contribution in [3.63, 3.8) is 0 Å². The Balaban J connectivity index is 1.37. The lowest BCUT2D eigenvalue weighted by Crippen LogP contribution is -2.36. The lowest BCUT2D eigenvalue weighted by molar-refractivity contribution is -0.121. The van der Waals surface area contributed by atoms with Gasteiger partial charge in [-0.15, -0.1) is 11.3 Å². The van der Waals surface area contributed by atoms with E-state index in [9.17, 15) is 4.79 Å². The van der Waals surface area contributed by atoms with Gasteiger partial charge in [-0.05, 0) is 19.8 Å². The van der Waals surface area contributed by atoms with E-state index in [1.165, 1.54) is 0 Å². The number of fused-ring (bicyclic) bond motifs is 1. The summed E-state index contributed by atoms with van der Waals surface area (Å²) in [5.41, 5.74) is 1.93. The van der Waals surface area contributed by atoms with Crippen molar-refractivity contribution in [3.05, 3.63) is 46.9 Å². The van der Waals surface area contributed by atoms with E-state index in [1.807, 2.05) is 41.9 Å². The minimum Gasteiger partial charge on any atom is -0.378 e. The van der Waals surface area contributed by atoms with Gasteiger partial charge in [0.25, 0.3) is 0 Å². The zero-order chi connectivity index (χ0) is 21.2. The Kier molecular flexibility index (Phi) is 5.69. The molecule has 0 saturated carbocycles. The molecule has 1 atom stereocenters. The summed E-state index contributed by atoms with van der Waals surface area (Å²) in [7, 11) is 0. The number of nitrogens with one attached hydrogen (secondary N) is 1. The summed E-state index contributed by atoms with van der Waals surface area (Å²) in [6.45, 7) is 5.81. The minimum absolute atomic E-state index is 0.00605. The fourth-order valence-electron chi connectivity index (χ4n) is 4.17. The lowest BCUT2D eigenvalue weighted by atomic mass is 10.1. The van der Waals surface area contributed by atoms with Crippen LogP contribution in [0, 0.1) is 6.92 Å². The number of ether oxygens (including phenoxy) is 1. The summed E-state index contributed by atoms with van der Waals surface area (Å²) in [5.74, 6) is 1.60. The van der Waals surface area contributed by atoms with E-state index in [0.29, 0.717) is 19.6 Å². The molecule has 5 rings (SSSR count). The summed E-state index contributed by atoms with van der Waals surface area (Å²) in [6.07, 6.45) is 2.17. The molecule has 1 aromatic carbocycles. The molecule has 1 fully saturated rings. The third kappa shape index (κ3) is 4.33. The maximum absolute atomic E-state index is 13.0. The second kappa shape index (κ2) is 8.76. The summed E-state index contributed by atoms with van der Waals surface area (Å²) in [4.78, 5) is 25.7. The van der Waals surface area contributed by atoms with E-state index in [1.54, 1.807) is 11.3 Å². The Labute approximate surface area is 185 Å². The van der Waals surface area contributed by atoms with Crippen LogP contribution in [-0.4, -0.2) is 52.0 Å². The van der Waals surface area contributed by atoms with Crippen molar-refractivity contribution >= 4 is 22.4 Å². The van der Waals surface area contributed by atoms with Gasteiger partial charge in [0, 0.05) is 30.1 Å². The summed E-state index contributed by atoms with van der Waals surface area (Å²) in [5, 5.41) is 8.58. The summed E-state index contributed by atoms with van der Waals surface area (Å²) in [6, 6.07) is 10.0. The van der Waals surface area contributed by atoms with Crippen LogP contribution in [0.3, 0.4) is 0 Å². The Bertz CT molecular complexity index is 1060. The first-order chi connectivity index (χ1) is 15.2. The summed E-state index contributed by atoms with van der Waals surface area (Å²) >= 11 is 1.61. The van der Waals surface area contributed by atoms with Crippen molar-refractivity contribution in [2.24, 2.45) is 0 Å². The molecule has 9 heteroatoms. The molecule has 1 amide bonds. The zero-order valence-electron chi connectivity index (χ0n) is 17.6. The Morgan fingerprint density at radius 3 is 2.81 bits per heavy atom. The molecule has 2 aromatic heterocycles. The smallest absolute Gasteiger partial charge is 0.225 e. The molecule has 3 aromatic rings. The van der Waals surface area contributed by atoms with E-state index in [0.717, 1.165) is 65.4 Å². The van der Waals surface area contributed by atoms with E-state index in [2.05, 4.69) is 20.3 Å². The van der Waals surface area contributed by atoms with Crippen LogP contribution < -0.4 is 10.2 Å². The maximum atomic E-state index is 13.0. The molecule has 4 heterocycles. The van der Waals surface area contributed by atoms with Gasteiger partial charge in [0.05, 0.1) is 31.4 Å². The van der Waals surface area contributed by atoms with Crippen molar-refractivity contribution in [2.45, 2.75) is 38.8 Å². The number of aromatic nitrogens is 4. The molecule has 0 radical (unpaired) electrons. The van der Waals surface area contributed by atoms with Gasteiger partial charge in [-0.1, -0.05) is 30.3 Å². The van der Waals surface area contributed by atoms with Crippen LogP contribution in [0.1, 0.15) is 35.4 Å². The number of carbonyl (C=O) groups excluding carboxylic acids is 1. The molecule has 0 aliphatic carbocycles. The van der Waals surface area contributed by atoms with Gasteiger partial charge < -0.3 is 15.0 Å². The highest BCUT2D eigenvalue weighted by Crippen LogP contribution is 2.34. The number of amides is 1. The molecular weight excluding hydrogens is 412 g/mol. The molecule has 1 unspecified atom stereocenters. The SMILES string of the molecule is Cc1nc2n(n1)CCCC2NC(=O)Cc1sc(N2CCOCC2)nc1-c1ccccc1. The zero-order valence-corrected chi connectivity index (χ0v) is 18.4. The number of rotatable bonds is 5. The van der Waals surface area contributed by atoms with Crippen molar-refractivity contribution in [1.82, 2.24) is 25.1 Å². The molecule has 2 aliphatic heterocycles. The molecule has 1 N–H and O–H groups in total. The molecule has 0 spiro atoms. The molecule has 2 aliphatic rings. The predicted octanol–water partition coefficient (Wildman–Crippen LogP) is 2.74. The van der Waals surface area contributed by atoms with Crippen molar-refractivity contribution < 1.29 is 9.53 Å². The van der Waals surface area contributed by atoms with Crippen LogP contribution in [-0.2, 0) is 22.5 Å². The third-order valence-corrected chi connectivity index (χ3v) is 6.77. The van der Waals surface area contributed by atoms with Crippen molar-refractivity contribution in [2.75, 3.05) is 31.2 Å². The first-order valence-electron chi connectivity index (χ1n) is 10.8. The molecule has 162 valence electrons. The molecule has 31 heavy (non-hydrogen) atoms. The lowest BCUT2D eigenvalue weighted by Gasteiger charge is -2.26. The third-order valence-electron chi connectivity index (χ3n) is 5.65. The van der Waals surface area contributed by atoms with E-state index < -0.39 is 0 Å². The van der Waals surface area contributed by atoms with Crippen LogP contribution in [0.5, 0.6) is 0 Å². The highest BCUT2D eigenvalue weighted by Gasteiger charge is 2.26. The van der Waals surface area contributed by atoms with Gasteiger partial charge in [0.15, 0.2) is 5.13 Å². The second-order valence-electron chi connectivity index (χ2n) is 7.91. The molecule has 1 saturated heterocycles. The minimum atomic E-state index is -0.0886. The van der Waals surface area contributed by atoms with Gasteiger partial charge in [-0.25, -0.2) is 14.6 Å². The van der Waals surface area contributed by atoms with Crippen LogP contribution in [0.4, 0.5) is 5.13 Å². The standard InChI is InChI=1S/C22H26N6O2S/c1-15-23-21-17(8-5-9-28(21)26-15)24-19(29)14-18-20(16-6-3-2-4-7-16)25-22(31-18)27-10-12-30-13-11-27/h2-4,6-7,17H,5,8-14H2,1H3,(H,24,29). The van der Waals surface area contributed by atoms with Gasteiger partial charge in [0.1, 0.15) is 11.6 Å². The highest BCUT2D eigenvalue weighted by atomic mass is 32.1. The number of anilines is 1.